The second kappa shape index (κ2) is 9.76. The van der Waals surface area contributed by atoms with Crippen LogP contribution in [-0.4, -0.2) is 76.4 Å². The molecule has 0 aliphatic carbocycles. The van der Waals surface area contributed by atoms with Crippen molar-refractivity contribution in [1.82, 2.24) is 15.5 Å². The largest absolute Gasteiger partial charge is 0.381 e. The van der Waals surface area contributed by atoms with Crippen molar-refractivity contribution in [3.05, 3.63) is 29.6 Å². The molecule has 0 bridgehead atoms. The molecule has 2 aliphatic rings. The van der Waals surface area contributed by atoms with Crippen LogP contribution in [0.1, 0.15) is 31.2 Å². The molecule has 1 aromatic carbocycles. The number of ether oxygens (including phenoxy) is 1. The Labute approximate surface area is 174 Å². The van der Waals surface area contributed by atoms with Gasteiger partial charge >= 0.3 is 0 Å². The monoisotopic (exact) mass is 405 g/mol. The first-order valence-electron chi connectivity index (χ1n) is 10.7. The second-order valence-corrected chi connectivity index (χ2v) is 8.52. The number of hydrogen-bond donors (Lipinski definition) is 2. The van der Waals surface area contributed by atoms with Crippen molar-refractivity contribution in [2.24, 2.45) is 4.99 Å². The van der Waals surface area contributed by atoms with Crippen LogP contribution in [0.25, 0.3) is 0 Å². The quantitative estimate of drug-likeness (QED) is 0.582. The third-order valence-electron chi connectivity index (χ3n) is 6.44. The molecule has 0 spiro atoms. The average molecular weight is 406 g/mol. The number of nitrogens with zero attached hydrogens (tertiary/aromatic N) is 3. The van der Waals surface area contributed by atoms with Gasteiger partial charge in [0.2, 0.25) is 0 Å². The van der Waals surface area contributed by atoms with Crippen molar-refractivity contribution in [3.8, 4) is 0 Å². The first-order valence-corrected chi connectivity index (χ1v) is 10.7. The zero-order valence-electron chi connectivity index (χ0n) is 18.3. The van der Waals surface area contributed by atoms with E-state index in [1.165, 1.54) is 0 Å². The van der Waals surface area contributed by atoms with E-state index in [1.807, 2.05) is 20.0 Å². The van der Waals surface area contributed by atoms with Crippen LogP contribution in [0.4, 0.5) is 10.1 Å². The highest BCUT2D eigenvalue weighted by molar-refractivity contribution is 5.80. The lowest BCUT2D eigenvalue weighted by Gasteiger charge is -2.43. The number of aryl methyl sites for hydroxylation is 1. The number of rotatable bonds is 5. The Kier molecular flexibility index (Phi) is 7.35. The number of benzene rings is 1. The van der Waals surface area contributed by atoms with Crippen molar-refractivity contribution in [2.75, 3.05) is 58.9 Å². The van der Waals surface area contributed by atoms with E-state index in [1.54, 1.807) is 12.1 Å². The van der Waals surface area contributed by atoms with Crippen LogP contribution in [-0.2, 0) is 4.74 Å². The molecular formula is C22H36FN5O. The standard InChI is InChI=1S/C22H36FN5O/c1-17-14-18(23)7-8-20(17)28-11-5-6-19(15-28)26-21(24-2)25-16-22(27(3)4)9-12-29-13-10-22/h7-8,14,19H,5-6,9-13,15-16H2,1-4H3,(H2,24,25,26). The van der Waals surface area contributed by atoms with E-state index in [4.69, 9.17) is 4.74 Å². The Bertz CT molecular complexity index is 702. The zero-order chi connectivity index (χ0) is 20.9. The van der Waals surface area contributed by atoms with Crippen molar-refractivity contribution in [2.45, 2.75) is 44.2 Å². The summed E-state index contributed by atoms with van der Waals surface area (Å²) in [4.78, 5) is 9.13. The molecule has 3 rings (SSSR count). The summed E-state index contributed by atoms with van der Waals surface area (Å²) < 4.78 is 19.0. The van der Waals surface area contributed by atoms with Crippen molar-refractivity contribution >= 4 is 11.6 Å². The maximum absolute atomic E-state index is 13.5. The molecule has 162 valence electrons. The lowest BCUT2D eigenvalue weighted by molar-refractivity contribution is -0.00503. The minimum atomic E-state index is -0.175. The Morgan fingerprint density at radius 3 is 2.76 bits per heavy atom. The van der Waals surface area contributed by atoms with Gasteiger partial charge < -0.3 is 25.2 Å². The fraction of sp³-hybridized carbons (Fsp3) is 0.682. The molecule has 2 heterocycles. The van der Waals surface area contributed by atoms with Gasteiger partial charge in [-0.15, -0.1) is 0 Å². The van der Waals surface area contributed by atoms with E-state index in [0.29, 0.717) is 6.04 Å². The molecule has 0 saturated carbocycles. The Balaban J connectivity index is 1.58. The molecule has 1 unspecified atom stereocenters. The molecule has 2 N–H and O–H groups in total. The number of hydrogen-bond acceptors (Lipinski definition) is 4. The fourth-order valence-corrected chi connectivity index (χ4v) is 4.46. The van der Waals surface area contributed by atoms with Crippen LogP contribution in [0.3, 0.4) is 0 Å². The van der Waals surface area contributed by atoms with Crippen molar-refractivity contribution in [1.29, 1.82) is 0 Å². The number of aliphatic imine (C=N–C) groups is 1. The molecule has 29 heavy (non-hydrogen) atoms. The topological polar surface area (TPSA) is 52.1 Å². The first-order chi connectivity index (χ1) is 13.9. The van der Waals surface area contributed by atoms with Crippen molar-refractivity contribution in [3.63, 3.8) is 0 Å². The lowest BCUT2D eigenvalue weighted by atomic mass is 9.88. The van der Waals surface area contributed by atoms with E-state index in [-0.39, 0.29) is 11.4 Å². The molecule has 0 aromatic heterocycles. The van der Waals surface area contributed by atoms with Gasteiger partial charge in [0.05, 0.1) is 0 Å². The number of anilines is 1. The van der Waals surface area contributed by atoms with E-state index in [9.17, 15) is 4.39 Å². The Hall–Kier alpha value is -1.86. The highest BCUT2D eigenvalue weighted by Gasteiger charge is 2.35. The molecular weight excluding hydrogens is 369 g/mol. The van der Waals surface area contributed by atoms with E-state index in [0.717, 1.165) is 75.7 Å². The van der Waals surface area contributed by atoms with Gasteiger partial charge in [0, 0.05) is 57.2 Å². The minimum Gasteiger partial charge on any atom is -0.381 e. The molecule has 2 aliphatic heterocycles. The summed E-state index contributed by atoms with van der Waals surface area (Å²) in [7, 11) is 6.12. The average Bonchev–Trinajstić information content (AvgIpc) is 2.72. The summed E-state index contributed by atoms with van der Waals surface area (Å²) in [5.74, 6) is 0.672. The molecule has 1 atom stereocenters. The predicted octanol–water partition coefficient (Wildman–Crippen LogP) is 2.38. The summed E-state index contributed by atoms with van der Waals surface area (Å²) in [6.07, 6.45) is 4.24. The normalized spacial score (nSPS) is 22.6. The molecule has 2 fully saturated rings. The molecule has 0 radical (unpaired) electrons. The summed E-state index contributed by atoms with van der Waals surface area (Å²) in [5.41, 5.74) is 2.20. The van der Waals surface area contributed by atoms with Crippen LogP contribution in [0.15, 0.2) is 23.2 Å². The predicted molar refractivity (Wildman–Crippen MR) is 117 cm³/mol. The van der Waals surface area contributed by atoms with Gasteiger partial charge in [0.15, 0.2) is 5.96 Å². The van der Waals surface area contributed by atoms with Gasteiger partial charge in [0.1, 0.15) is 5.82 Å². The van der Waals surface area contributed by atoms with Crippen LogP contribution in [0.2, 0.25) is 0 Å². The van der Waals surface area contributed by atoms with E-state index in [2.05, 4.69) is 39.5 Å². The van der Waals surface area contributed by atoms with Gasteiger partial charge in [-0.3, -0.25) is 4.99 Å². The number of nitrogens with one attached hydrogen (secondary N) is 2. The molecule has 0 amide bonds. The van der Waals surface area contributed by atoms with Gasteiger partial charge in [-0.1, -0.05) is 0 Å². The van der Waals surface area contributed by atoms with Gasteiger partial charge in [-0.2, -0.15) is 0 Å². The van der Waals surface area contributed by atoms with E-state index < -0.39 is 0 Å². The minimum absolute atomic E-state index is 0.0969. The smallest absolute Gasteiger partial charge is 0.191 e. The summed E-state index contributed by atoms with van der Waals surface area (Å²) in [6, 6.07) is 5.37. The lowest BCUT2D eigenvalue weighted by Crippen LogP contribution is -2.58. The Morgan fingerprint density at radius 1 is 1.34 bits per heavy atom. The number of piperidine rings is 1. The molecule has 2 saturated heterocycles. The molecule has 7 heteroatoms. The van der Waals surface area contributed by atoms with E-state index >= 15 is 0 Å². The fourth-order valence-electron chi connectivity index (χ4n) is 4.46. The van der Waals surface area contributed by atoms with Crippen LogP contribution in [0.5, 0.6) is 0 Å². The third-order valence-corrected chi connectivity index (χ3v) is 6.44. The zero-order valence-corrected chi connectivity index (χ0v) is 18.3. The molecule has 1 aromatic rings. The maximum atomic E-state index is 13.5. The van der Waals surface area contributed by atoms with Crippen molar-refractivity contribution < 1.29 is 9.13 Å². The van der Waals surface area contributed by atoms with Crippen LogP contribution >= 0.6 is 0 Å². The summed E-state index contributed by atoms with van der Waals surface area (Å²) in [5, 5.41) is 7.16. The highest BCUT2D eigenvalue weighted by Crippen LogP contribution is 2.26. The molecule has 6 nitrogen and oxygen atoms in total. The Morgan fingerprint density at radius 2 is 2.10 bits per heavy atom. The SMILES string of the molecule is CN=C(NCC1(N(C)C)CCOCC1)NC1CCCN(c2ccc(F)cc2C)C1. The van der Waals surface area contributed by atoms with Crippen LogP contribution in [0, 0.1) is 12.7 Å². The maximum Gasteiger partial charge on any atom is 0.191 e. The van der Waals surface area contributed by atoms with Crippen LogP contribution < -0.4 is 15.5 Å². The van der Waals surface area contributed by atoms with Gasteiger partial charge in [-0.05, 0) is 70.5 Å². The second-order valence-electron chi connectivity index (χ2n) is 8.52. The number of halogens is 1. The first kappa shape index (κ1) is 21.8. The summed E-state index contributed by atoms with van der Waals surface area (Å²) >= 11 is 0. The third kappa shape index (κ3) is 5.39. The number of likely N-dealkylation sites (N-methyl/N-ethyl adjacent to an activating group) is 1. The van der Waals surface area contributed by atoms with Gasteiger partial charge in [-0.25, -0.2) is 4.39 Å². The highest BCUT2D eigenvalue weighted by atomic mass is 19.1. The number of guanidine groups is 1. The van der Waals surface area contributed by atoms with Gasteiger partial charge in [0.25, 0.3) is 0 Å². The summed E-state index contributed by atoms with van der Waals surface area (Å²) in [6.45, 7) is 6.32.